The number of halogens is 1. The number of thioether (sulfide) groups is 1. The zero-order valence-corrected chi connectivity index (χ0v) is 19.5. The summed E-state index contributed by atoms with van der Waals surface area (Å²) in [5.41, 5.74) is 9.89. The number of rotatable bonds is 7. The molecular weight excluding hydrogens is 383 g/mol. The SMILES string of the molecule is C=C(SC(/N=C(\N)c1cc(F)c2nc(C)cn2c1)=C(C)C)/C(C)=C/CCC.CC. The monoisotopic (exact) mass is 416 g/mol. The third-order valence-electron chi connectivity index (χ3n) is 3.97. The van der Waals surface area contributed by atoms with Gasteiger partial charge in [0.25, 0.3) is 0 Å². The van der Waals surface area contributed by atoms with Crippen molar-refractivity contribution in [2.75, 3.05) is 0 Å². The largest absolute Gasteiger partial charge is 0.383 e. The van der Waals surface area contributed by atoms with Crippen LogP contribution in [0.1, 0.15) is 65.6 Å². The summed E-state index contributed by atoms with van der Waals surface area (Å²) in [7, 11) is 0. The molecule has 2 rings (SSSR count). The van der Waals surface area contributed by atoms with Crippen LogP contribution in [0.15, 0.2) is 57.2 Å². The number of fused-ring (bicyclic) bond motifs is 1. The fraction of sp³-hybridized carbons (Fsp3) is 0.391. The summed E-state index contributed by atoms with van der Waals surface area (Å²) in [6.45, 7) is 18.1. The summed E-state index contributed by atoms with van der Waals surface area (Å²) in [5.74, 6) is -0.165. The molecule has 4 nitrogen and oxygen atoms in total. The molecule has 0 fully saturated rings. The highest BCUT2D eigenvalue weighted by Gasteiger charge is 2.11. The molecule has 0 radical (unpaired) electrons. The normalized spacial score (nSPS) is 11.9. The van der Waals surface area contributed by atoms with Crippen LogP contribution in [0.25, 0.3) is 5.65 Å². The van der Waals surface area contributed by atoms with E-state index < -0.39 is 5.82 Å². The number of pyridine rings is 1. The third-order valence-corrected chi connectivity index (χ3v) is 5.23. The first kappa shape index (κ1) is 24.7. The van der Waals surface area contributed by atoms with Crippen LogP contribution in [0.5, 0.6) is 0 Å². The lowest BCUT2D eigenvalue weighted by atomic mass is 10.2. The molecule has 6 heteroatoms. The maximum atomic E-state index is 14.3. The molecule has 0 aliphatic carbocycles. The van der Waals surface area contributed by atoms with E-state index in [2.05, 4.69) is 29.6 Å². The minimum absolute atomic E-state index is 0.258. The second-order valence-corrected chi connectivity index (χ2v) is 7.78. The Kier molecular flexibility index (Phi) is 9.89. The summed E-state index contributed by atoms with van der Waals surface area (Å²) in [6, 6.07) is 1.37. The predicted octanol–water partition coefficient (Wildman–Crippen LogP) is 6.76. The van der Waals surface area contributed by atoms with E-state index in [0.717, 1.165) is 39.6 Å². The molecule has 29 heavy (non-hydrogen) atoms. The summed E-state index contributed by atoms with van der Waals surface area (Å²) in [4.78, 5) is 9.65. The van der Waals surface area contributed by atoms with Crippen molar-refractivity contribution < 1.29 is 4.39 Å². The van der Waals surface area contributed by atoms with E-state index in [1.54, 1.807) is 16.8 Å². The van der Waals surface area contributed by atoms with Crippen LogP contribution in [0.3, 0.4) is 0 Å². The van der Waals surface area contributed by atoms with Crippen molar-refractivity contribution in [3.8, 4) is 0 Å². The molecule has 0 atom stereocenters. The number of nitrogens with zero attached hydrogens (tertiary/aromatic N) is 3. The van der Waals surface area contributed by atoms with Crippen LogP contribution in [-0.4, -0.2) is 15.2 Å². The Hall–Kier alpha value is -2.34. The Bertz CT molecular complexity index is 947. The van der Waals surface area contributed by atoms with Crippen molar-refractivity contribution in [3.05, 3.63) is 69.3 Å². The summed E-state index contributed by atoms with van der Waals surface area (Å²) < 4.78 is 16.0. The molecule has 0 saturated carbocycles. The van der Waals surface area contributed by atoms with Crippen molar-refractivity contribution in [1.82, 2.24) is 9.38 Å². The van der Waals surface area contributed by atoms with Crippen LogP contribution in [0, 0.1) is 12.7 Å². The fourth-order valence-corrected chi connectivity index (χ4v) is 3.23. The van der Waals surface area contributed by atoms with Crippen molar-refractivity contribution in [3.63, 3.8) is 0 Å². The average molecular weight is 417 g/mol. The minimum Gasteiger partial charge on any atom is -0.383 e. The van der Waals surface area contributed by atoms with E-state index >= 15 is 0 Å². The fourth-order valence-electron chi connectivity index (χ4n) is 2.40. The van der Waals surface area contributed by atoms with Gasteiger partial charge in [0.1, 0.15) is 10.9 Å². The molecule has 0 bridgehead atoms. The second-order valence-electron chi connectivity index (χ2n) is 6.69. The van der Waals surface area contributed by atoms with Gasteiger partial charge in [0, 0.05) is 22.9 Å². The van der Waals surface area contributed by atoms with Crippen LogP contribution >= 0.6 is 11.8 Å². The molecule has 2 N–H and O–H groups in total. The van der Waals surface area contributed by atoms with Crippen LogP contribution in [0.2, 0.25) is 0 Å². The van der Waals surface area contributed by atoms with Gasteiger partial charge in [-0.2, -0.15) is 0 Å². The van der Waals surface area contributed by atoms with Crippen LogP contribution in [-0.2, 0) is 0 Å². The molecule has 0 saturated heterocycles. The van der Waals surface area contributed by atoms with E-state index in [1.807, 2.05) is 41.5 Å². The number of unbranched alkanes of at least 4 members (excludes halogenated alkanes) is 1. The smallest absolute Gasteiger partial charge is 0.173 e. The number of allylic oxidation sites excluding steroid dienone is 3. The highest BCUT2D eigenvalue weighted by atomic mass is 32.2. The molecule has 0 spiro atoms. The summed E-state index contributed by atoms with van der Waals surface area (Å²) in [6.07, 6.45) is 7.79. The van der Waals surface area contributed by atoms with E-state index in [-0.39, 0.29) is 11.5 Å². The number of nitrogens with two attached hydrogens (primary N) is 1. The lowest BCUT2D eigenvalue weighted by molar-refractivity contribution is 0.629. The lowest BCUT2D eigenvalue weighted by Gasteiger charge is -2.10. The number of imidazole rings is 1. The number of aryl methyl sites for hydroxylation is 1. The van der Waals surface area contributed by atoms with Gasteiger partial charge in [-0.15, -0.1) is 0 Å². The molecule has 2 aromatic rings. The van der Waals surface area contributed by atoms with Gasteiger partial charge in [0.15, 0.2) is 11.5 Å². The Labute approximate surface area is 178 Å². The molecule has 0 aliphatic rings. The van der Waals surface area contributed by atoms with E-state index in [0.29, 0.717) is 5.56 Å². The van der Waals surface area contributed by atoms with E-state index in [4.69, 9.17) is 5.73 Å². The average Bonchev–Trinajstić information content (AvgIpc) is 3.07. The quantitative estimate of drug-likeness (QED) is 0.308. The highest BCUT2D eigenvalue weighted by Crippen LogP contribution is 2.32. The van der Waals surface area contributed by atoms with Gasteiger partial charge in [0.2, 0.25) is 0 Å². The first-order valence-corrected chi connectivity index (χ1v) is 10.7. The number of hydrogen-bond donors (Lipinski definition) is 1. The molecule has 2 aromatic heterocycles. The Morgan fingerprint density at radius 2 is 1.97 bits per heavy atom. The summed E-state index contributed by atoms with van der Waals surface area (Å²) in [5, 5.41) is 0.768. The molecule has 0 unspecified atom stereocenters. The van der Waals surface area contributed by atoms with Gasteiger partial charge in [-0.25, -0.2) is 14.4 Å². The van der Waals surface area contributed by atoms with E-state index in [1.165, 1.54) is 17.8 Å². The van der Waals surface area contributed by atoms with Gasteiger partial charge in [-0.1, -0.05) is 51.6 Å². The topological polar surface area (TPSA) is 55.7 Å². The molecule has 0 aromatic carbocycles. The van der Waals surface area contributed by atoms with Crippen molar-refractivity contribution in [2.45, 2.75) is 61.3 Å². The molecule has 0 amide bonds. The van der Waals surface area contributed by atoms with Gasteiger partial charge in [0.05, 0.1) is 5.69 Å². The number of hydrogen-bond acceptors (Lipinski definition) is 3. The molecule has 158 valence electrons. The zero-order chi connectivity index (χ0) is 22.1. The lowest BCUT2D eigenvalue weighted by Crippen LogP contribution is -2.15. The van der Waals surface area contributed by atoms with Gasteiger partial charge >= 0.3 is 0 Å². The van der Waals surface area contributed by atoms with Gasteiger partial charge in [-0.3, -0.25) is 0 Å². The van der Waals surface area contributed by atoms with Crippen LogP contribution < -0.4 is 5.73 Å². The zero-order valence-electron chi connectivity index (χ0n) is 18.6. The number of aromatic nitrogens is 2. The van der Waals surface area contributed by atoms with Gasteiger partial charge in [-0.05, 0) is 51.3 Å². The molecule has 2 heterocycles. The first-order valence-electron chi connectivity index (χ1n) is 9.93. The maximum Gasteiger partial charge on any atom is 0.173 e. The van der Waals surface area contributed by atoms with Crippen molar-refractivity contribution in [1.29, 1.82) is 0 Å². The first-order chi connectivity index (χ1) is 13.7. The van der Waals surface area contributed by atoms with Crippen molar-refractivity contribution in [2.24, 2.45) is 10.7 Å². The Morgan fingerprint density at radius 1 is 1.31 bits per heavy atom. The minimum atomic E-state index is -0.423. The van der Waals surface area contributed by atoms with Crippen molar-refractivity contribution >= 4 is 23.2 Å². The third kappa shape index (κ3) is 6.89. The Balaban J connectivity index is 0.00000204. The summed E-state index contributed by atoms with van der Waals surface area (Å²) >= 11 is 1.48. The van der Waals surface area contributed by atoms with E-state index in [9.17, 15) is 4.39 Å². The number of aliphatic imine (C=N–C) groups is 1. The number of amidine groups is 1. The standard InChI is InChI=1S/C21H27FN4S.C2H6/c1-7-8-9-14(4)16(6)27-21(13(2)3)25-19(23)17-10-18(22)20-24-15(5)11-26(20)12-17;1-2/h9-12H,6-8H2,1-5H3,(H2,23,25);1-2H3/b14-9+;. The second kappa shape index (κ2) is 11.6. The molecular formula is C23H33FN4S. The Morgan fingerprint density at radius 3 is 2.55 bits per heavy atom. The predicted molar refractivity (Wildman–Crippen MR) is 126 cm³/mol. The molecule has 0 aliphatic heterocycles. The van der Waals surface area contributed by atoms with Crippen LogP contribution in [0.4, 0.5) is 4.39 Å². The maximum absolute atomic E-state index is 14.3. The van der Waals surface area contributed by atoms with Gasteiger partial charge < -0.3 is 10.1 Å². The highest BCUT2D eigenvalue weighted by molar-refractivity contribution is 8.06.